The van der Waals surface area contributed by atoms with Gasteiger partial charge in [0, 0.05) is 12.6 Å². The zero-order valence-corrected chi connectivity index (χ0v) is 6.64. The molecule has 4 nitrogen and oxygen atoms in total. The van der Waals surface area contributed by atoms with E-state index in [0.29, 0.717) is 13.0 Å². The molecule has 0 aliphatic carbocycles. The third-order valence-corrected chi connectivity index (χ3v) is 2.13. The fourth-order valence-corrected chi connectivity index (χ4v) is 1.55. The molecule has 0 bridgehead atoms. The maximum atomic E-state index is 9.19. The molecule has 0 radical (unpaired) electrons. The van der Waals surface area contributed by atoms with Crippen molar-refractivity contribution in [3.63, 3.8) is 0 Å². The highest BCUT2D eigenvalue weighted by molar-refractivity contribution is 6.45. The van der Waals surface area contributed by atoms with Crippen LogP contribution in [0.2, 0.25) is 6.82 Å². The summed E-state index contributed by atoms with van der Waals surface area (Å²) < 4.78 is 0. The average molecular weight is 159 g/mol. The van der Waals surface area contributed by atoms with E-state index in [1.165, 1.54) is 0 Å². The van der Waals surface area contributed by atoms with E-state index in [4.69, 9.17) is 5.11 Å². The minimum absolute atomic E-state index is 0.00194. The van der Waals surface area contributed by atoms with E-state index in [-0.39, 0.29) is 12.6 Å². The Morgan fingerprint density at radius 3 is 2.64 bits per heavy atom. The molecule has 0 aromatic carbocycles. The van der Waals surface area contributed by atoms with Gasteiger partial charge in [-0.3, -0.25) is 0 Å². The molecule has 3 N–H and O–H groups in total. The van der Waals surface area contributed by atoms with Crippen LogP contribution in [0.1, 0.15) is 6.42 Å². The van der Waals surface area contributed by atoms with Gasteiger partial charge in [0.25, 0.3) is 0 Å². The SMILES string of the molecule is CB(O)N1C[C@@H](O)C[C@@H]1CO. The molecule has 1 fully saturated rings. The maximum absolute atomic E-state index is 9.19. The fourth-order valence-electron chi connectivity index (χ4n) is 1.55. The van der Waals surface area contributed by atoms with Crippen LogP contribution >= 0.6 is 0 Å². The summed E-state index contributed by atoms with van der Waals surface area (Å²) in [7, 11) is -0.579. The van der Waals surface area contributed by atoms with Gasteiger partial charge >= 0.3 is 7.05 Å². The van der Waals surface area contributed by atoms with Gasteiger partial charge in [-0.25, -0.2) is 0 Å². The van der Waals surface area contributed by atoms with Gasteiger partial charge in [-0.1, -0.05) is 0 Å². The first kappa shape index (κ1) is 9.00. The number of β-amino-alcohol motifs (C(OH)–C–C–N with tert-alkyl or cyclic N) is 1. The number of hydrogen-bond donors (Lipinski definition) is 3. The zero-order chi connectivity index (χ0) is 8.43. The summed E-state index contributed by atoms with van der Waals surface area (Å²) in [6.07, 6.45) is 0.156. The van der Waals surface area contributed by atoms with Gasteiger partial charge in [0.05, 0.1) is 12.7 Å². The predicted octanol–water partition coefficient (Wildman–Crippen LogP) is -1.48. The van der Waals surface area contributed by atoms with Crippen molar-refractivity contribution >= 4 is 7.05 Å². The minimum atomic E-state index is -0.579. The standard InChI is InChI=1S/C6H14BNO3/c1-7(11)8-3-6(10)2-5(8)4-9/h5-6,9-11H,2-4H2,1H3/t5-,6+/m1/s1. The highest BCUT2D eigenvalue weighted by Gasteiger charge is 2.34. The summed E-state index contributed by atoms with van der Waals surface area (Å²) >= 11 is 0. The van der Waals surface area contributed by atoms with Crippen LogP contribution < -0.4 is 0 Å². The molecule has 64 valence electrons. The molecule has 1 aliphatic heterocycles. The normalized spacial score (nSPS) is 32.7. The van der Waals surface area contributed by atoms with Crippen LogP contribution in [0.15, 0.2) is 0 Å². The molecular weight excluding hydrogens is 145 g/mol. The van der Waals surface area contributed by atoms with E-state index < -0.39 is 13.2 Å². The molecule has 1 heterocycles. The number of aliphatic hydroxyl groups is 2. The second kappa shape index (κ2) is 3.54. The third kappa shape index (κ3) is 1.93. The highest BCUT2D eigenvalue weighted by atomic mass is 16.3. The van der Waals surface area contributed by atoms with Crippen molar-refractivity contribution in [1.82, 2.24) is 4.81 Å². The fraction of sp³-hybridized carbons (Fsp3) is 1.00. The van der Waals surface area contributed by atoms with E-state index in [1.54, 1.807) is 11.6 Å². The molecule has 5 heteroatoms. The molecule has 0 spiro atoms. The van der Waals surface area contributed by atoms with Gasteiger partial charge in [0.15, 0.2) is 0 Å². The molecule has 0 saturated carbocycles. The second-order valence-corrected chi connectivity index (χ2v) is 3.05. The van der Waals surface area contributed by atoms with Crippen molar-refractivity contribution in [1.29, 1.82) is 0 Å². The van der Waals surface area contributed by atoms with Gasteiger partial charge in [0.2, 0.25) is 0 Å². The molecule has 0 unspecified atom stereocenters. The minimum Gasteiger partial charge on any atom is -0.437 e. The lowest BCUT2D eigenvalue weighted by Gasteiger charge is -2.22. The number of nitrogens with zero attached hydrogens (tertiary/aromatic N) is 1. The topological polar surface area (TPSA) is 63.9 Å². The number of hydrogen-bond acceptors (Lipinski definition) is 4. The Hall–Kier alpha value is -0.0951. The first-order chi connectivity index (χ1) is 5.15. The zero-order valence-electron chi connectivity index (χ0n) is 6.64. The first-order valence-electron chi connectivity index (χ1n) is 3.88. The summed E-state index contributed by atoms with van der Waals surface area (Å²) in [6.45, 7) is 2.10. The lowest BCUT2D eigenvalue weighted by atomic mass is 9.84. The molecule has 11 heavy (non-hydrogen) atoms. The van der Waals surface area contributed by atoms with Gasteiger partial charge in [0.1, 0.15) is 0 Å². The molecule has 0 aromatic heterocycles. The van der Waals surface area contributed by atoms with Crippen molar-refractivity contribution in [2.24, 2.45) is 0 Å². The Bertz CT molecular complexity index is 133. The molecule has 0 aromatic rings. The first-order valence-corrected chi connectivity index (χ1v) is 3.88. The molecule has 1 aliphatic rings. The van der Waals surface area contributed by atoms with Gasteiger partial charge in [-0.15, -0.1) is 0 Å². The smallest absolute Gasteiger partial charge is 0.376 e. The summed E-state index contributed by atoms with van der Waals surface area (Å²) in [5, 5.41) is 27.2. The largest absolute Gasteiger partial charge is 0.437 e. The van der Waals surface area contributed by atoms with Crippen molar-refractivity contribution in [3.8, 4) is 0 Å². The van der Waals surface area contributed by atoms with E-state index >= 15 is 0 Å². The monoisotopic (exact) mass is 159 g/mol. The lowest BCUT2D eigenvalue weighted by Crippen LogP contribution is -2.42. The van der Waals surface area contributed by atoms with E-state index in [2.05, 4.69) is 0 Å². The predicted molar refractivity (Wildman–Crippen MR) is 42.0 cm³/mol. The number of rotatable bonds is 2. The second-order valence-electron chi connectivity index (χ2n) is 3.05. The van der Waals surface area contributed by atoms with Crippen molar-refractivity contribution < 1.29 is 15.2 Å². The highest BCUT2D eigenvalue weighted by Crippen LogP contribution is 2.17. The Morgan fingerprint density at radius 2 is 2.27 bits per heavy atom. The van der Waals surface area contributed by atoms with Gasteiger partial charge < -0.3 is 20.0 Å². The van der Waals surface area contributed by atoms with Gasteiger partial charge in [-0.2, -0.15) is 0 Å². The van der Waals surface area contributed by atoms with Crippen molar-refractivity contribution in [2.75, 3.05) is 13.2 Å². The summed E-state index contributed by atoms with van der Waals surface area (Å²) in [5.41, 5.74) is 0. The Kier molecular flexibility index (Phi) is 2.89. The van der Waals surface area contributed by atoms with Crippen LogP contribution in [0.4, 0.5) is 0 Å². The van der Waals surface area contributed by atoms with Crippen LogP contribution in [-0.4, -0.2) is 52.4 Å². The summed E-state index contributed by atoms with van der Waals surface area (Å²) in [6, 6.07) is -0.0787. The Labute approximate surface area is 66.6 Å². The van der Waals surface area contributed by atoms with Crippen LogP contribution in [0.5, 0.6) is 0 Å². The summed E-state index contributed by atoms with van der Waals surface area (Å²) in [5.74, 6) is 0. The van der Waals surface area contributed by atoms with E-state index in [1.807, 2.05) is 0 Å². The maximum Gasteiger partial charge on any atom is 0.376 e. The quantitative estimate of drug-likeness (QED) is 0.430. The van der Waals surface area contributed by atoms with Crippen LogP contribution in [0.3, 0.4) is 0 Å². The summed E-state index contributed by atoms with van der Waals surface area (Å²) in [4.78, 5) is 1.70. The Morgan fingerprint density at radius 1 is 1.64 bits per heavy atom. The lowest BCUT2D eigenvalue weighted by molar-refractivity contribution is 0.184. The van der Waals surface area contributed by atoms with Crippen LogP contribution in [0.25, 0.3) is 0 Å². The van der Waals surface area contributed by atoms with Crippen molar-refractivity contribution in [3.05, 3.63) is 0 Å². The molecule has 0 amide bonds. The van der Waals surface area contributed by atoms with E-state index in [9.17, 15) is 10.1 Å². The molecule has 2 atom stereocenters. The van der Waals surface area contributed by atoms with Crippen LogP contribution in [0, 0.1) is 0 Å². The van der Waals surface area contributed by atoms with Crippen molar-refractivity contribution in [2.45, 2.75) is 25.4 Å². The van der Waals surface area contributed by atoms with E-state index in [0.717, 1.165) is 0 Å². The molecule has 1 rings (SSSR count). The van der Waals surface area contributed by atoms with Gasteiger partial charge in [-0.05, 0) is 13.2 Å². The Balaban J connectivity index is 2.50. The average Bonchev–Trinajstić information content (AvgIpc) is 2.30. The number of aliphatic hydroxyl groups excluding tert-OH is 2. The third-order valence-electron chi connectivity index (χ3n) is 2.13. The molecular formula is C6H14BNO3. The molecule has 1 saturated heterocycles. The van der Waals surface area contributed by atoms with Crippen LogP contribution in [-0.2, 0) is 0 Å².